The van der Waals surface area contributed by atoms with Crippen LogP contribution in [0.3, 0.4) is 0 Å². The van der Waals surface area contributed by atoms with Crippen LogP contribution in [0.1, 0.15) is 56.1 Å². The first-order valence-corrected chi connectivity index (χ1v) is 6.62. The Balaban J connectivity index is 2.06. The molecule has 1 aromatic carbocycles. The molecule has 1 saturated heterocycles. The van der Waals surface area contributed by atoms with E-state index in [1.807, 2.05) is 0 Å². The molecule has 16 heavy (non-hydrogen) atoms. The van der Waals surface area contributed by atoms with Crippen molar-refractivity contribution in [1.82, 2.24) is 5.32 Å². The van der Waals surface area contributed by atoms with Crippen molar-refractivity contribution in [2.45, 2.75) is 44.9 Å². The van der Waals surface area contributed by atoms with Crippen LogP contribution in [-0.2, 0) is 0 Å². The van der Waals surface area contributed by atoms with Crippen LogP contribution in [0.25, 0.3) is 0 Å². The van der Waals surface area contributed by atoms with Gasteiger partial charge in [-0.15, -0.1) is 0 Å². The fourth-order valence-corrected chi connectivity index (χ4v) is 2.49. The lowest BCUT2D eigenvalue weighted by Crippen LogP contribution is -2.26. The van der Waals surface area contributed by atoms with Gasteiger partial charge in [-0.05, 0) is 55.3 Å². The van der Waals surface area contributed by atoms with E-state index in [-0.39, 0.29) is 0 Å². The van der Waals surface area contributed by atoms with Gasteiger partial charge in [0, 0.05) is 0 Å². The van der Waals surface area contributed by atoms with Gasteiger partial charge in [0.05, 0.1) is 0 Å². The van der Waals surface area contributed by atoms with E-state index in [0.717, 1.165) is 5.92 Å². The third kappa shape index (κ3) is 2.65. The summed E-state index contributed by atoms with van der Waals surface area (Å²) in [5, 5.41) is 3.42. The van der Waals surface area contributed by atoms with Gasteiger partial charge >= 0.3 is 0 Å². The number of piperidine rings is 1. The molecule has 0 bridgehead atoms. The molecule has 1 aromatic rings. The molecule has 1 aliphatic rings. The van der Waals surface area contributed by atoms with Crippen molar-refractivity contribution < 1.29 is 0 Å². The van der Waals surface area contributed by atoms with Gasteiger partial charge in [0.25, 0.3) is 0 Å². The SMILES string of the molecule is CCC(C)c1ccc(C2CCNCC2)cc1. The molecule has 0 saturated carbocycles. The predicted molar refractivity (Wildman–Crippen MR) is 70.0 cm³/mol. The second-order valence-electron chi connectivity index (χ2n) is 5.00. The minimum atomic E-state index is 0.696. The second kappa shape index (κ2) is 5.49. The Morgan fingerprint density at radius 3 is 2.38 bits per heavy atom. The van der Waals surface area contributed by atoms with E-state index in [1.54, 1.807) is 0 Å². The summed E-state index contributed by atoms with van der Waals surface area (Å²) in [4.78, 5) is 0. The van der Waals surface area contributed by atoms with Crippen molar-refractivity contribution in [1.29, 1.82) is 0 Å². The van der Waals surface area contributed by atoms with Crippen molar-refractivity contribution in [3.05, 3.63) is 35.4 Å². The van der Waals surface area contributed by atoms with E-state index in [1.165, 1.54) is 43.5 Å². The second-order valence-corrected chi connectivity index (χ2v) is 5.00. The lowest BCUT2D eigenvalue weighted by Gasteiger charge is -2.23. The summed E-state index contributed by atoms with van der Waals surface area (Å²) < 4.78 is 0. The van der Waals surface area contributed by atoms with E-state index >= 15 is 0 Å². The number of nitrogens with one attached hydrogen (secondary N) is 1. The van der Waals surface area contributed by atoms with Gasteiger partial charge in [-0.3, -0.25) is 0 Å². The molecule has 88 valence electrons. The monoisotopic (exact) mass is 217 g/mol. The van der Waals surface area contributed by atoms with Gasteiger partial charge in [-0.1, -0.05) is 38.1 Å². The lowest BCUT2D eigenvalue weighted by molar-refractivity contribution is 0.460. The normalized spacial score (nSPS) is 19.6. The molecular weight excluding hydrogens is 194 g/mol. The van der Waals surface area contributed by atoms with Crippen LogP contribution < -0.4 is 5.32 Å². The van der Waals surface area contributed by atoms with E-state index in [9.17, 15) is 0 Å². The quantitative estimate of drug-likeness (QED) is 0.814. The van der Waals surface area contributed by atoms with Gasteiger partial charge in [-0.2, -0.15) is 0 Å². The van der Waals surface area contributed by atoms with Crippen molar-refractivity contribution in [2.75, 3.05) is 13.1 Å². The van der Waals surface area contributed by atoms with Crippen LogP contribution >= 0.6 is 0 Å². The Bertz CT molecular complexity index is 309. The van der Waals surface area contributed by atoms with Crippen LogP contribution in [0.4, 0.5) is 0 Å². The third-order valence-corrected chi connectivity index (χ3v) is 3.93. The van der Waals surface area contributed by atoms with Crippen molar-refractivity contribution >= 4 is 0 Å². The molecule has 0 aliphatic carbocycles. The fraction of sp³-hybridized carbons (Fsp3) is 0.600. The van der Waals surface area contributed by atoms with E-state index in [2.05, 4.69) is 43.4 Å². The summed E-state index contributed by atoms with van der Waals surface area (Å²) in [5.41, 5.74) is 3.02. The molecule has 0 spiro atoms. The maximum atomic E-state index is 3.42. The summed E-state index contributed by atoms with van der Waals surface area (Å²) >= 11 is 0. The third-order valence-electron chi connectivity index (χ3n) is 3.93. The molecule has 1 atom stereocenters. The Kier molecular flexibility index (Phi) is 4.00. The summed E-state index contributed by atoms with van der Waals surface area (Å²) in [7, 11) is 0. The zero-order valence-corrected chi connectivity index (χ0v) is 10.5. The molecule has 1 fully saturated rings. The minimum absolute atomic E-state index is 0.696. The molecule has 1 heterocycles. The highest BCUT2D eigenvalue weighted by atomic mass is 14.9. The van der Waals surface area contributed by atoms with Crippen molar-refractivity contribution in [3.8, 4) is 0 Å². The highest BCUT2D eigenvalue weighted by molar-refractivity contribution is 5.27. The smallest absolute Gasteiger partial charge is 0.00431 e. The molecule has 1 heteroatoms. The first-order chi connectivity index (χ1) is 7.81. The van der Waals surface area contributed by atoms with Crippen LogP contribution in [0.5, 0.6) is 0 Å². The van der Waals surface area contributed by atoms with Crippen molar-refractivity contribution in [3.63, 3.8) is 0 Å². The van der Waals surface area contributed by atoms with E-state index in [4.69, 9.17) is 0 Å². The molecule has 2 rings (SSSR count). The Labute approximate surface area is 99.3 Å². The van der Waals surface area contributed by atoms with Crippen molar-refractivity contribution in [2.24, 2.45) is 0 Å². The highest BCUT2D eigenvalue weighted by Crippen LogP contribution is 2.27. The molecule has 1 aliphatic heterocycles. The topological polar surface area (TPSA) is 12.0 Å². The first kappa shape index (κ1) is 11.7. The highest BCUT2D eigenvalue weighted by Gasteiger charge is 2.15. The zero-order chi connectivity index (χ0) is 11.4. The number of hydrogen-bond donors (Lipinski definition) is 1. The average molecular weight is 217 g/mol. The minimum Gasteiger partial charge on any atom is -0.317 e. The number of benzene rings is 1. The lowest BCUT2D eigenvalue weighted by atomic mass is 9.88. The van der Waals surface area contributed by atoms with Gasteiger partial charge in [0.1, 0.15) is 0 Å². The molecule has 1 N–H and O–H groups in total. The van der Waals surface area contributed by atoms with Gasteiger partial charge in [0.15, 0.2) is 0 Å². The van der Waals surface area contributed by atoms with Gasteiger partial charge in [-0.25, -0.2) is 0 Å². The standard InChI is InChI=1S/C15H23N/c1-3-12(2)13-4-6-14(7-5-13)15-8-10-16-11-9-15/h4-7,12,15-16H,3,8-11H2,1-2H3. The Morgan fingerprint density at radius 2 is 1.81 bits per heavy atom. The van der Waals surface area contributed by atoms with Gasteiger partial charge < -0.3 is 5.32 Å². The molecule has 1 nitrogen and oxygen atoms in total. The Hall–Kier alpha value is -0.820. The summed E-state index contributed by atoms with van der Waals surface area (Å²) in [6.45, 7) is 6.92. The first-order valence-electron chi connectivity index (χ1n) is 6.62. The molecule has 1 unspecified atom stereocenters. The van der Waals surface area contributed by atoms with E-state index in [0.29, 0.717) is 5.92 Å². The van der Waals surface area contributed by atoms with Gasteiger partial charge in [0.2, 0.25) is 0 Å². The fourth-order valence-electron chi connectivity index (χ4n) is 2.49. The Morgan fingerprint density at radius 1 is 1.19 bits per heavy atom. The maximum Gasteiger partial charge on any atom is -0.00431 e. The zero-order valence-electron chi connectivity index (χ0n) is 10.5. The predicted octanol–water partition coefficient (Wildman–Crippen LogP) is 3.67. The molecule has 0 aromatic heterocycles. The number of hydrogen-bond acceptors (Lipinski definition) is 1. The molecule has 0 radical (unpaired) electrons. The van der Waals surface area contributed by atoms with Crippen LogP contribution in [0.15, 0.2) is 24.3 Å². The maximum absolute atomic E-state index is 3.42. The van der Waals surface area contributed by atoms with Crippen LogP contribution in [0.2, 0.25) is 0 Å². The van der Waals surface area contributed by atoms with Crippen LogP contribution in [-0.4, -0.2) is 13.1 Å². The number of rotatable bonds is 3. The summed E-state index contributed by atoms with van der Waals surface area (Å²) in [6.07, 6.45) is 3.82. The van der Waals surface area contributed by atoms with Crippen LogP contribution in [0, 0.1) is 0 Å². The summed E-state index contributed by atoms with van der Waals surface area (Å²) in [6, 6.07) is 9.34. The largest absolute Gasteiger partial charge is 0.317 e. The average Bonchev–Trinajstić information content (AvgIpc) is 2.39. The summed E-state index contributed by atoms with van der Waals surface area (Å²) in [5.74, 6) is 1.48. The van der Waals surface area contributed by atoms with E-state index < -0.39 is 0 Å². The molecular formula is C15H23N. The molecule has 0 amide bonds.